The number of hydrogen-bond donors (Lipinski definition) is 0. The molecule has 2 bridgehead atoms. The molecular weight excluding hydrogens is 252 g/mol. The summed E-state index contributed by atoms with van der Waals surface area (Å²) >= 11 is 0. The highest BCUT2D eigenvalue weighted by molar-refractivity contribution is 5.82. The molecule has 0 heteroatoms. The van der Waals surface area contributed by atoms with Crippen molar-refractivity contribution in [3.8, 4) is 11.1 Å². The molecule has 2 aromatic carbocycles. The average molecular weight is 272 g/mol. The van der Waals surface area contributed by atoms with Crippen LogP contribution in [0.4, 0.5) is 0 Å². The van der Waals surface area contributed by atoms with E-state index in [4.69, 9.17) is 0 Å². The van der Waals surface area contributed by atoms with Gasteiger partial charge in [-0.3, -0.25) is 0 Å². The van der Waals surface area contributed by atoms with E-state index in [1.54, 1.807) is 5.56 Å². The van der Waals surface area contributed by atoms with Crippen molar-refractivity contribution in [2.24, 2.45) is 10.8 Å². The van der Waals surface area contributed by atoms with Gasteiger partial charge in [0.15, 0.2) is 0 Å². The molecule has 0 aromatic heterocycles. The van der Waals surface area contributed by atoms with E-state index in [0.29, 0.717) is 10.8 Å². The van der Waals surface area contributed by atoms with Crippen LogP contribution in [-0.4, -0.2) is 0 Å². The predicted octanol–water partition coefficient (Wildman–Crippen LogP) is 5.15. The van der Waals surface area contributed by atoms with Gasteiger partial charge in [0, 0.05) is 11.0 Å². The molecule has 0 unspecified atom stereocenters. The SMILES string of the molecule is CC12CCC(C)(CC1)C21c2ccc#cc2-c2ccccc21. The van der Waals surface area contributed by atoms with Gasteiger partial charge < -0.3 is 0 Å². The Bertz CT molecular complexity index is 679. The van der Waals surface area contributed by atoms with Crippen molar-refractivity contribution in [1.82, 2.24) is 0 Å². The van der Waals surface area contributed by atoms with Crippen molar-refractivity contribution in [2.75, 3.05) is 0 Å². The van der Waals surface area contributed by atoms with Crippen LogP contribution in [0.2, 0.25) is 0 Å². The second-order valence-electron chi connectivity index (χ2n) is 7.81. The summed E-state index contributed by atoms with van der Waals surface area (Å²) in [5, 5.41) is 0. The quantitative estimate of drug-likeness (QED) is 0.622. The van der Waals surface area contributed by atoms with Crippen molar-refractivity contribution in [3.05, 3.63) is 59.7 Å². The number of benzene rings is 1. The standard InChI is InChI=1S/C21H20/c1-19-11-13-20(2,14-12-19)21(19)17-9-5-3-7-15(17)16-8-4-6-10-18(16)21/h3,5-7,9-10H,11-14H2,1-2H3. The largest absolute Gasteiger partial charge is 0.0696 e. The van der Waals surface area contributed by atoms with Gasteiger partial charge in [0.25, 0.3) is 0 Å². The van der Waals surface area contributed by atoms with Crippen molar-refractivity contribution >= 4 is 0 Å². The minimum Gasteiger partial charge on any atom is -0.0696 e. The summed E-state index contributed by atoms with van der Waals surface area (Å²) in [7, 11) is 0. The van der Waals surface area contributed by atoms with Crippen molar-refractivity contribution < 1.29 is 0 Å². The van der Waals surface area contributed by atoms with Gasteiger partial charge in [0.1, 0.15) is 0 Å². The minimum atomic E-state index is 0.206. The molecule has 0 radical (unpaired) electrons. The number of rotatable bonds is 0. The Morgan fingerprint density at radius 1 is 0.857 bits per heavy atom. The van der Waals surface area contributed by atoms with Gasteiger partial charge >= 0.3 is 0 Å². The summed E-state index contributed by atoms with van der Waals surface area (Å²) in [5.41, 5.74) is 6.83. The molecule has 0 nitrogen and oxygen atoms in total. The lowest BCUT2D eigenvalue weighted by Crippen LogP contribution is -2.42. The highest BCUT2D eigenvalue weighted by Crippen LogP contribution is 2.78. The smallest absolute Gasteiger partial charge is 0.0366 e. The fourth-order valence-electron chi connectivity index (χ4n) is 6.22. The molecule has 2 aromatic rings. The molecule has 0 atom stereocenters. The zero-order chi connectivity index (χ0) is 14.3. The number of hydrogen-bond acceptors (Lipinski definition) is 0. The third kappa shape index (κ3) is 1.04. The summed E-state index contributed by atoms with van der Waals surface area (Å²) in [6.07, 6.45) is 5.43. The van der Waals surface area contributed by atoms with Gasteiger partial charge in [-0.25, -0.2) is 0 Å². The molecule has 2 fully saturated rings. The molecule has 2 saturated carbocycles. The van der Waals surface area contributed by atoms with Crippen LogP contribution in [0.5, 0.6) is 0 Å². The lowest BCUT2D eigenvalue weighted by Gasteiger charge is -2.44. The van der Waals surface area contributed by atoms with E-state index >= 15 is 0 Å². The first kappa shape index (κ1) is 11.9. The van der Waals surface area contributed by atoms with Crippen LogP contribution in [0.25, 0.3) is 11.1 Å². The molecule has 1 spiro atoms. The maximum absolute atomic E-state index is 3.43. The Balaban J connectivity index is 1.98. The maximum Gasteiger partial charge on any atom is 0.0366 e. The summed E-state index contributed by atoms with van der Waals surface area (Å²) in [5.74, 6) is 0. The molecule has 3 aliphatic carbocycles. The van der Waals surface area contributed by atoms with E-state index in [-0.39, 0.29) is 5.41 Å². The molecular formula is C21H20. The van der Waals surface area contributed by atoms with E-state index < -0.39 is 0 Å². The van der Waals surface area contributed by atoms with E-state index in [2.05, 4.69) is 62.4 Å². The highest BCUT2D eigenvalue weighted by Gasteiger charge is 2.71. The van der Waals surface area contributed by atoms with Crippen LogP contribution < -0.4 is 0 Å². The number of fused-ring (bicyclic) bond motifs is 3. The molecule has 3 aliphatic rings. The fourth-order valence-corrected chi connectivity index (χ4v) is 6.22. The first-order chi connectivity index (χ1) is 10.1. The molecule has 0 saturated heterocycles. The Labute approximate surface area is 127 Å². The van der Waals surface area contributed by atoms with Crippen molar-refractivity contribution in [3.63, 3.8) is 0 Å². The zero-order valence-corrected chi connectivity index (χ0v) is 12.8. The van der Waals surface area contributed by atoms with Crippen LogP contribution in [0.15, 0.2) is 36.4 Å². The van der Waals surface area contributed by atoms with Crippen LogP contribution in [0, 0.1) is 23.0 Å². The third-order valence-corrected chi connectivity index (χ3v) is 7.07. The Kier molecular flexibility index (Phi) is 1.90. The molecule has 21 heavy (non-hydrogen) atoms. The van der Waals surface area contributed by atoms with Crippen LogP contribution >= 0.6 is 0 Å². The summed E-state index contributed by atoms with van der Waals surface area (Å²) in [6, 6.07) is 20.1. The molecule has 5 rings (SSSR count). The van der Waals surface area contributed by atoms with E-state index in [0.717, 1.165) is 0 Å². The van der Waals surface area contributed by atoms with Gasteiger partial charge in [0.05, 0.1) is 0 Å². The van der Waals surface area contributed by atoms with Crippen molar-refractivity contribution in [1.29, 1.82) is 0 Å². The van der Waals surface area contributed by atoms with Gasteiger partial charge in [-0.15, -0.1) is 0 Å². The molecule has 0 aliphatic heterocycles. The second-order valence-corrected chi connectivity index (χ2v) is 7.81. The minimum absolute atomic E-state index is 0.206. The fraction of sp³-hybridized carbons (Fsp3) is 0.429. The van der Waals surface area contributed by atoms with E-state index in [1.807, 2.05) is 0 Å². The molecule has 0 amide bonds. The van der Waals surface area contributed by atoms with Gasteiger partial charge in [-0.1, -0.05) is 50.2 Å². The van der Waals surface area contributed by atoms with Crippen LogP contribution in [-0.2, 0) is 5.41 Å². The van der Waals surface area contributed by atoms with Gasteiger partial charge in [-0.05, 0) is 65.3 Å². The predicted molar refractivity (Wildman–Crippen MR) is 85.0 cm³/mol. The van der Waals surface area contributed by atoms with Crippen LogP contribution in [0.1, 0.15) is 50.7 Å². The van der Waals surface area contributed by atoms with E-state index in [1.165, 1.54) is 42.4 Å². The first-order valence-corrected chi connectivity index (χ1v) is 8.15. The first-order valence-electron chi connectivity index (χ1n) is 8.15. The average Bonchev–Trinajstić information content (AvgIpc) is 3.04. The Hall–Kier alpha value is -1.74. The lowest BCUT2D eigenvalue weighted by atomic mass is 9.58. The molecule has 0 heterocycles. The Morgan fingerprint density at radius 2 is 1.52 bits per heavy atom. The molecule has 104 valence electrons. The maximum atomic E-state index is 3.43. The zero-order valence-electron chi connectivity index (χ0n) is 12.8. The summed E-state index contributed by atoms with van der Waals surface area (Å²) in [4.78, 5) is 0. The normalized spacial score (nSPS) is 33.8. The topological polar surface area (TPSA) is 0 Å². The summed E-state index contributed by atoms with van der Waals surface area (Å²) in [6.45, 7) is 5.07. The third-order valence-electron chi connectivity index (χ3n) is 7.07. The highest BCUT2D eigenvalue weighted by atomic mass is 14.7. The van der Waals surface area contributed by atoms with Crippen molar-refractivity contribution in [2.45, 2.75) is 44.9 Å². The summed E-state index contributed by atoms with van der Waals surface area (Å²) < 4.78 is 0. The van der Waals surface area contributed by atoms with Gasteiger partial charge in [0.2, 0.25) is 0 Å². The molecule has 0 N–H and O–H groups in total. The van der Waals surface area contributed by atoms with Crippen LogP contribution in [0.3, 0.4) is 0 Å². The monoisotopic (exact) mass is 272 g/mol. The lowest BCUT2D eigenvalue weighted by molar-refractivity contribution is 0.207. The Morgan fingerprint density at radius 3 is 2.24 bits per heavy atom. The second kappa shape index (κ2) is 3.36. The van der Waals surface area contributed by atoms with E-state index in [9.17, 15) is 0 Å². The van der Waals surface area contributed by atoms with Gasteiger partial charge in [-0.2, -0.15) is 0 Å².